The molecule has 0 saturated heterocycles. The van der Waals surface area contributed by atoms with E-state index >= 15 is 0 Å². The van der Waals surface area contributed by atoms with Crippen LogP contribution in [0.4, 0.5) is 0 Å². The Balaban J connectivity index is 0. The standard InChI is InChI=1S/3H2O.2Sm/h3*1H2;;. The van der Waals surface area contributed by atoms with Crippen molar-refractivity contribution in [3.63, 3.8) is 0 Å². The van der Waals surface area contributed by atoms with Crippen LogP contribution in [0.25, 0.3) is 0 Å². The number of hydrogen-bond acceptors (Lipinski definition) is 0. The second kappa shape index (κ2) is 31.0. The minimum atomic E-state index is 0. The van der Waals surface area contributed by atoms with Gasteiger partial charge in [0.1, 0.15) is 0 Å². The molecule has 0 aromatic heterocycles. The molecule has 0 aromatic rings. The van der Waals surface area contributed by atoms with Gasteiger partial charge in [-0.1, -0.05) is 0 Å². The smallest absolute Gasteiger partial charge is 0 e. The van der Waals surface area contributed by atoms with Crippen LogP contribution in [0.15, 0.2) is 0 Å². The fourth-order valence-electron chi connectivity index (χ4n) is 0. The monoisotopic (exact) mass is 358 g/mol. The van der Waals surface area contributed by atoms with Gasteiger partial charge in [-0.3, -0.25) is 0 Å². The van der Waals surface area contributed by atoms with E-state index < -0.39 is 0 Å². The van der Waals surface area contributed by atoms with Crippen LogP contribution in [-0.4, -0.2) is 16.4 Å². The van der Waals surface area contributed by atoms with Crippen molar-refractivity contribution < 1.29 is 97.2 Å². The minimum absolute atomic E-state index is 0. The largest absolute Gasteiger partial charge is 0.412 e. The summed E-state index contributed by atoms with van der Waals surface area (Å²) >= 11 is 0. The summed E-state index contributed by atoms with van der Waals surface area (Å²) in [4.78, 5) is 0. The SMILES string of the molecule is O.O.O.[Sm].[Sm]. The summed E-state index contributed by atoms with van der Waals surface area (Å²) < 4.78 is 0. The summed E-state index contributed by atoms with van der Waals surface area (Å²) in [6.45, 7) is 0. The molecule has 0 saturated carbocycles. The van der Waals surface area contributed by atoms with Crippen LogP contribution in [0.3, 0.4) is 0 Å². The minimum Gasteiger partial charge on any atom is -0.412 e. The van der Waals surface area contributed by atoms with Crippen LogP contribution in [0.1, 0.15) is 0 Å². The summed E-state index contributed by atoms with van der Waals surface area (Å²) in [5, 5.41) is 0. The molecule has 0 radical (unpaired) electrons. The van der Waals surface area contributed by atoms with Gasteiger partial charge in [0.25, 0.3) is 0 Å². The Kier molecular flexibility index (Phi) is 308. The van der Waals surface area contributed by atoms with Crippen LogP contribution in [0.2, 0.25) is 0 Å². The van der Waals surface area contributed by atoms with Crippen molar-refractivity contribution in [2.45, 2.75) is 0 Å². The van der Waals surface area contributed by atoms with Gasteiger partial charge in [-0.05, 0) is 0 Å². The predicted octanol–water partition coefficient (Wildman–Crippen LogP) is -2.47. The molecule has 0 aliphatic rings. The van der Waals surface area contributed by atoms with Crippen molar-refractivity contribution in [1.29, 1.82) is 0 Å². The molecule has 0 spiro atoms. The Morgan fingerprint density at radius 3 is 0.400 bits per heavy atom. The van der Waals surface area contributed by atoms with Crippen molar-refractivity contribution in [2.75, 3.05) is 0 Å². The van der Waals surface area contributed by atoms with Crippen LogP contribution >= 0.6 is 0 Å². The zero-order valence-electron chi connectivity index (χ0n) is 2.32. The zero-order valence-corrected chi connectivity index (χ0v) is 7.56. The molecular formula is H6O3Sm2. The molecule has 0 aliphatic heterocycles. The Hall–Kier alpha value is 2.56. The maximum absolute atomic E-state index is 0. The normalized spacial score (nSPS) is 0. The van der Waals surface area contributed by atoms with E-state index in [0.29, 0.717) is 0 Å². The van der Waals surface area contributed by atoms with Crippen molar-refractivity contribution >= 4 is 0 Å². The molecule has 0 aliphatic carbocycles. The third-order valence-electron chi connectivity index (χ3n) is 0. The molecule has 6 N–H and O–H groups in total. The topological polar surface area (TPSA) is 94.5 Å². The van der Waals surface area contributed by atoms with E-state index in [0.717, 1.165) is 0 Å². The van der Waals surface area contributed by atoms with Gasteiger partial charge in [-0.25, -0.2) is 0 Å². The Morgan fingerprint density at radius 2 is 0.400 bits per heavy atom. The molecule has 0 rings (SSSR count). The van der Waals surface area contributed by atoms with E-state index in [1.54, 1.807) is 0 Å². The molecule has 0 amide bonds. The average molecular weight is 355 g/mol. The van der Waals surface area contributed by atoms with Crippen molar-refractivity contribution in [2.24, 2.45) is 0 Å². The van der Waals surface area contributed by atoms with Crippen LogP contribution < -0.4 is 0 Å². The molecule has 36 valence electrons. The molecule has 0 atom stereocenters. The maximum atomic E-state index is 0. The zero-order chi connectivity index (χ0) is 0. The molecule has 0 bridgehead atoms. The van der Waals surface area contributed by atoms with E-state index in [2.05, 4.69) is 0 Å². The van der Waals surface area contributed by atoms with Crippen LogP contribution in [0, 0.1) is 80.8 Å². The van der Waals surface area contributed by atoms with Crippen molar-refractivity contribution in [1.82, 2.24) is 0 Å². The van der Waals surface area contributed by atoms with E-state index in [1.165, 1.54) is 0 Å². The van der Waals surface area contributed by atoms with E-state index in [-0.39, 0.29) is 97.2 Å². The summed E-state index contributed by atoms with van der Waals surface area (Å²) in [6, 6.07) is 0. The quantitative estimate of drug-likeness (QED) is 0.461. The summed E-state index contributed by atoms with van der Waals surface area (Å²) in [7, 11) is 0. The molecule has 5 heavy (non-hydrogen) atoms. The van der Waals surface area contributed by atoms with E-state index in [9.17, 15) is 0 Å². The van der Waals surface area contributed by atoms with Gasteiger partial charge in [0, 0.05) is 80.8 Å². The number of hydrogen-bond donors (Lipinski definition) is 0. The first kappa shape index (κ1) is 49.7. The molecular weight excluding hydrogens is 349 g/mol. The van der Waals surface area contributed by atoms with Crippen LogP contribution in [0.5, 0.6) is 0 Å². The molecule has 0 heterocycles. The van der Waals surface area contributed by atoms with Gasteiger partial charge in [0.05, 0.1) is 0 Å². The Labute approximate surface area is 95.0 Å². The third kappa shape index (κ3) is 20.8. The average Bonchev–Trinajstić information content (AvgIpc) is 0. The van der Waals surface area contributed by atoms with Gasteiger partial charge in [-0.2, -0.15) is 0 Å². The molecule has 5 heteroatoms. The van der Waals surface area contributed by atoms with Gasteiger partial charge in [0.2, 0.25) is 0 Å². The number of rotatable bonds is 0. The van der Waals surface area contributed by atoms with Gasteiger partial charge in [0.15, 0.2) is 0 Å². The fourth-order valence-corrected chi connectivity index (χ4v) is 0. The maximum Gasteiger partial charge on any atom is 0 e. The van der Waals surface area contributed by atoms with Crippen molar-refractivity contribution in [3.8, 4) is 0 Å². The first-order valence-electron chi connectivity index (χ1n) is 0. The van der Waals surface area contributed by atoms with E-state index in [4.69, 9.17) is 0 Å². The Morgan fingerprint density at radius 1 is 0.400 bits per heavy atom. The predicted molar refractivity (Wildman–Crippen MR) is 10.8 cm³/mol. The third-order valence-corrected chi connectivity index (χ3v) is 0. The molecule has 0 aromatic carbocycles. The second-order valence-electron chi connectivity index (χ2n) is 0. The summed E-state index contributed by atoms with van der Waals surface area (Å²) in [6.07, 6.45) is 0. The Bertz CT molecular complexity index is 4.85. The summed E-state index contributed by atoms with van der Waals surface area (Å²) in [5.41, 5.74) is 0. The molecule has 0 unspecified atom stereocenters. The van der Waals surface area contributed by atoms with Gasteiger partial charge < -0.3 is 16.4 Å². The molecule has 3 nitrogen and oxygen atoms in total. The van der Waals surface area contributed by atoms with Crippen molar-refractivity contribution in [3.05, 3.63) is 0 Å². The fraction of sp³-hybridized carbons (Fsp3) is 0. The first-order chi connectivity index (χ1) is 0. The second-order valence-corrected chi connectivity index (χ2v) is 0. The first-order valence-corrected chi connectivity index (χ1v) is 0. The van der Waals surface area contributed by atoms with E-state index in [1.807, 2.05) is 0 Å². The van der Waals surface area contributed by atoms with Gasteiger partial charge >= 0.3 is 0 Å². The molecule has 0 fully saturated rings. The summed E-state index contributed by atoms with van der Waals surface area (Å²) in [5.74, 6) is 0. The van der Waals surface area contributed by atoms with Crippen LogP contribution in [-0.2, 0) is 0 Å². The van der Waals surface area contributed by atoms with Gasteiger partial charge in [-0.15, -0.1) is 0 Å².